The normalized spacial score (nSPS) is 18.4. The molecule has 0 spiro atoms. The van der Waals surface area contributed by atoms with Crippen molar-refractivity contribution in [3.05, 3.63) is 29.3 Å². The number of hydrogen-bond donors (Lipinski definition) is 2. The second-order valence-electron chi connectivity index (χ2n) is 4.68. The Hall–Kier alpha value is -1.59. The first-order valence-electron chi connectivity index (χ1n) is 6.59. The number of amides is 2. The molecule has 5 nitrogen and oxygen atoms in total. The Morgan fingerprint density at radius 3 is 3.00 bits per heavy atom. The van der Waals surface area contributed by atoms with Gasteiger partial charge in [-0.2, -0.15) is 0 Å². The quantitative estimate of drug-likeness (QED) is 0.633. The first-order valence-corrected chi connectivity index (χ1v) is 6.97. The highest BCUT2D eigenvalue weighted by Crippen LogP contribution is 2.27. The van der Waals surface area contributed by atoms with Crippen molar-refractivity contribution < 1.29 is 14.7 Å². The zero-order valence-corrected chi connectivity index (χ0v) is 11.8. The van der Waals surface area contributed by atoms with Crippen molar-refractivity contribution in [2.75, 3.05) is 24.6 Å². The second kappa shape index (κ2) is 6.72. The number of aliphatic hydroxyl groups is 1. The molecule has 2 amide bonds. The molecular weight excluding hydrogens is 280 g/mol. The van der Waals surface area contributed by atoms with E-state index in [0.29, 0.717) is 36.6 Å². The fourth-order valence-electron chi connectivity index (χ4n) is 2.24. The largest absolute Gasteiger partial charge is 0.396 e. The summed E-state index contributed by atoms with van der Waals surface area (Å²) in [5.41, 5.74) is 0.716. The Balaban J connectivity index is 2.00. The van der Waals surface area contributed by atoms with E-state index < -0.39 is 5.92 Å². The predicted molar refractivity (Wildman–Crippen MR) is 76.6 cm³/mol. The van der Waals surface area contributed by atoms with Crippen molar-refractivity contribution in [2.24, 2.45) is 5.92 Å². The molecular formula is C14H17ClN2O3. The number of aliphatic hydroxyl groups excluding tert-OH is 1. The number of nitrogens with one attached hydrogen (secondary N) is 1. The van der Waals surface area contributed by atoms with Gasteiger partial charge in [-0.15, -0.1) is 0 Å². The zero-order chi connectivity index (χ0) is 14.5. The van der Waals surface area contributed by atoms with Crippen LogP contribution < -0.4 is 10.2 Å². The van der Waals surface area contributed by atoms with Gasteiger partial charge in [0.25, 0.3) is 0 Å². The molecule has 1 aliphatic heterocycles. The molecule has 0 saturated carbocycles. The Morgan fingerprint density at radius 1 is 1.50 bits per heavy atom. The molecule has 1 aliphatic rings. The summed E-state index contributed by atoms with van der Waals surface area (Å²) >= 11 is 5.91. The summed E-state index contributed by atoms with van der Waals surface area (Å²) in [4.78, 5) is 25.8. The number of hydrogen-bond acceptors (Lipinski definition) is 3. The lowest BCUT2D eigenvalue weighted by Crippen LogP contribution is -2.37. The van der Waals surface area contributed by atoms with Crippen LogP contribution in [0.25, 0.3) is 0 Å². The molecule has 20 heavy (non-hydrogen) atoms. The fraction of sp³-hybridized carbons (Fsp3) is 0.429. The molecule has 1 unspecified atom stereocenters. The SMILES string of the molecule is O=C(NCCCO)C1CCN(c2cccc(Cl)c2)C1=O. The second-order valence-corrected chi connectivity index (χ2v) is 5.12. The number of nitrogens with zero attached hydrogens (tertiary/aromatic N) is 1. The highest BCUT2D eigenvalue weighted by molar-refractivity contribution is 6.31. The molecule has 1 fully saturated rings. The first kappa shape index (κ1) is 14.8. The van der Waals surface area contributed by atoms with Gasteiger partial charge in [-0.25, -0.2) is 0 Å². The van der Waals surface area contributed by atoms with Gasteiger partial charge >= 0.3 is 0 Å². The van der Waals surface area contributed by atoms with Crippen LogP contribution in [0.5, 0.6) is 0 Å². The van der Waals surface area contributed by atoms with Crippen LogP contribution in [0.1, 0.15) is 12.8 Å². The van der Waals surface area contributed by atoms with Gasteiger partial charge in [0.15, 0.2) is 0 Å². The number of benzene rings is 1. The van der Waals surface area contributed by atoms with Gasteiger partial charge < -0.3 is 15.3 Å². The third-order valence-electron chi connectivity index (χ3n) is 3.28. The van der Waals surface area contributed by atoms with Gasteiger partial charge in [0.2, 0.25) is 11.8 Å². The van der Waals surface area contributed by atoms with Gasteiger partial charge in [-0.05, 0) is 31.0 Å². The Labute approximate surface area is 122 Å². The Morgan fingerprint density at radius 2 is 2.30 bits per heavy atom. The van der Waals surface area contributed by atoms with Crippen LogP contribution in [-0.2, 0) is 9.59 Å². The van der Waals surface area contributed by atoms with Crippen LogP contribution in [-0.4, -0.2) is 36.6 Å². The van der Waals surface area contributed by atoms with Gasteiger partial charge in [-0.1, -0.05) is 17.7 Å². The van der Waals surface area contributed by atoms with Crippen LogP contribution in [0.4, 0.5) is 5.69 Å². The molecule has 1 atom stereocenters. The number of carbonyl (C=O) groups is 2. The minimum atomic E-state index is -0.646. The van der Waals surface area contributed by atoms with Gasteiger partial charge in [0.05, 0.1) is 0 Å². The van der Waals surface area contributed by atoms with E-state index in [2.05, 4.69) is 5.32 Å². The monoisotopic (exact) mass is 296 g/mol. The number of anilines is 1. The summed E-state index contributed by atoms with van der Waals surface area (Å²) < 4.78 is 0. The van der Waals surface area contributed by atoms with Crippen molar-refractivity contribution >= 4 is 29.1 Å². The maximum Gasteiger partial charge on any atom is 0.239 e. The molecule has 0 radical (unpaired) electrons. The third-order valence-corrected chi connectivity index (χ3v) is 3.51. The number of carbonyl (C=O) groups excluding carboxylic acids is 2. The van der Waals surface area contributed by atoms with Crippen molar-refractivity contribution in [2.45, 2.75) is 12.8 Å². The molecule has 1 heterocycles. The number of halogens is 1. The molecule has 1 saturated heterocycles. The van der Waals surface area contributed by atoms with Gasteiger partial charge in [0.1, 0.15) is 5.92 Å². The summed E-state index contributed by atoms with van der Waals surface area (Å²) in [7, 11) is 0. The maximum atomic E-state index is 12.3. The summed E-state index contributed by atoms with van der Waals surface area (Å²) in [6.45, 7) is 0.918. The van der Waals surface area contributed by atoms with E-state index in [9.17, 15) is 9.59 Å². The van der Waals surface area contributed by atoms with Crippen LogP contribution in [0, 0.1) is 5.92 Å². The lowest BCUT2D eigenvalue weighted by atomic mass is 10.1. The first-order chi connectivity index (χ1) is 9.63. The molecule has 6 heteroatoms. The Kier molecular flexibility index (Phi) is 4.98. The lowest BCUT2D eigenvalue weighted by Gasteiger charge is -2.17. The topological polar surface area (TPSA) is 69.6 Å². The molecule has 108 valence electrons. The average Bonchev–Trinajstić information content (AvgIpc) is 2.81. The molecule has 2 rings (SSSR count). The minimum Gasteiger partial charge on any atom is -0.396 e. The van der Waals surface area contributed by atoms with E-state index in [0.717, 1.165) is 0 Å². The van der Waals surface area contributed by atoms with Gasteiger partial charge in [0, 0.05) is 30.4 Å². The van der Waals surface area contributed by atoms with E-state index in [-0.39, 0.29) is 18.4 Å². The zero-order valence-electron chi connectivity index (χ0n) is 11.0. The highest BCUT2D eigenvalue weighted by Gasteiger charge is 2.37. The summed E-state index contributed by atoms with van der Waals surface area (Å²) in [5.74, 6) is -1.12. The predicted octanol–water partition coefficient (Wildman–Crippen LogP) is 1.19. The van der Waals surface area contributed by atoms with E-state index in [4.69, 9.17) is 16.7 Å². The van der Waals surface area contributed by atoms with Crippen molar-refractivity contribution in [1.29, 1.82) is 0 Å². The lowest BCUT2D eigenvalue weighted by molar-refractivity contribution is -0.132. The van der Waals surface area contributed by atoms with E-state index in [1.165, 1.54) is 0 Å². The summed E-state index contributed by atoms with van der Waals surface area (Å²) in [6.07, 6.45) is 0.987. The molecule has 0 aromatic heterocycles. The van der Waals surface area contributed by atoms with Crippen molar-refractivity contribution in [1.82, 2.24) is 5.32 Å². The standard InChI is InChI=1S/C14H17ClN2O3/c15-10-3-1-4-11(9-10)17-7-5-12(14(17)20)13(19)16-6-2-8-18/h1,3-4,9,12,18H,2,5-8H2,(H,16,19). The average molecular weight is 297 g/mol. The Bertz CT molecular complexity index is 507. The fourth-order valence-corrected chi connectivity index (χ4v) is 2.42. The van der Waals surface area contributed by atoms with E-state index in [1.807, 2.05) is 0 Å². The molecule has 0 aliphatic carbocycles. The smallest absolute Gasteiger partial charge is 0.239 e. The maximum absolute atomic E-state index is 12.3. The third kappa shape index (κ3) is 3.29. The number of rotatable bonds is 5. The minimum absolute atomic E-state index is 0.0214. The molecule has 2 N–H and O–H groups in total. The van der Waals surface area contributed by atoms with E-state index >= 15 is 0 Å². The van der Waals surface area contributed by atoms with Gasteiger partial charge in [-0.3, -0.25) is 9.59 Å². The summed E-state index contributed by atoms with van der Waals surface area (Å²) in [6, 6.07) is 7.03. The highest BCUT2D eigenvalue weighted by atomic mass is 35.5. The van der Waals surface area contributed by atoms with Crippen LogP contribution in [0.2, 0.25) is 5.02 Å². The van der Waals surface area contributed by atoms with Crippen molar-refractivity contribution in [3.63, 3.8) is 0 Å². The van der Waals surface area contributed by atoms with Crippen molar-refractivity contribution in [3.8, 4) is 0 Å². The van der Waals surface area contributed by atoms with Crippen LogP contribution in [0.3, 0.4) is 0 Å². The van der Waals surface area contributed by atoms with Crippen LogP contribution in [0.15, 0.2) is 24.3 Å². The molecule has 1 aromatic rings. The molecule has 0 bridgehead atoms. The molecule has 1 aromatic carbocycles. The summed E-state index contributed by atoms with van der Waals surface area (Å²) in [5, 5.41) is 11.9. The van der Waals surface area contributed by atoms with E-state index in [1.54, 1.807) is 29.2 Å². The van der Waals surface area contributed by atoms with Crippen LogP contribution >= 0.6 is 11.6 Å².